The molecule has 2 N–H and O–H groups in total. The highest BCUT2D eigenvalue weighted by atomic mass is 32.2. The lowest BCUT2D eigenvalue weighted by atomic mass is 10.3. The molecule has 1 amide bonds. The Hall–Kier alpha value is -2.22. The fourth-order valence-electron chi connectivity index (χ4n) is 2.58. The summed E-state index contributed by atoms with van der Waals surface area (Å²) >= 11 is 0. The number of hydrogen-bond donors (Lipinski definition) is 2. The summed E-state index contributed by atoms with van der Waals surface area (Å²) in [6.45, 7) is 3.56. The molecule has 0 unspecified atom stereocenters. The van der Waals surface area contributed by atoms with Crippen LogP contribution in [0.5, 0.6) is 0 Å². The van der Waals surface area contributed by atoms with Crippen molar-refractivity contribution < 1.29 is 41.0 Å². The second kappa shape index (κ2) is 12.6. The van der Waals surface area contributed by atoms with Crippen molar-refractivity contribution in [2.45, 2.75) is 17.5 Å². The van der Waals surface area contributed by atoms with Crippen LogP contribution in [0.25, 0.3) is 0 Å². The molecule has 176 valence electrons. The summed E-state index contributed by atoms with van der Waals surface area (Å²) in [5, 5.41) is 10.3. The van der Waals surface area contributed by atoms with Crippen LogP contribution in [0.4, 0.5) is 13.2 Å². The van der Waals surface area contributed by atoms with E-state index in [0.29, 0.717) is 13.1 Å². The number of halogens is 3. The van der Waals surface area contributed by atoms with Gasteiger partial charge in [-0.3, -0.25) is 4.79 Å². The number of nitrogens with one attached hydrogen (secondary N) is 1. The van der Waals surface area contributed by atoms with Gasteiger partial charge >= 0.3 is 12.1 Å². The summed E-state index contributed by atoms with van der Waals surface area (Å²) in [5.74, 6) is -2.77. The molecule has 13 heteroatoms. The minimum absolute atomic E-state index is 0.0119. The molecule has 1 heterocycles. The lowest BCUT2D eigenvalue weighted by molar-refractivity contribution is -0.192. The van der Waals surface area contributed by atoms with Gasteiger partial charge < -0.3 is 20.1 Å². The Morgan fingerprint density at radius 1 is 1.16 bits per heavy atom. The monoisotopic (exact) mass is 469 g/mol. The Bertz CT molecular complexity index is 800. The van der Waals surface area contributed by atoms with Gasteiger partial charge in [0, 0.05) is 52.8 Å². The molecule has 31 heavy (non-hydrogen) atoms. The lowest BCUT2D eigenvalue weighted by Gasteiger charge is -2.28. The Kier molecular flexibility index (Phi) is 10.9. The number of carboxylic acid groups (broad SMARTS) is 1. The van der Waals surface area contributed by atoms with Crippen molar-refractivity contribution in [2.75, 3.05) is 53.0 Å². The maximum absolute atomic E-state index is 12.8. The number of ether oxygens (including phenoxy) is 1. The summed E-state index contributed by atoms with van der Waals surface area (Å²) in [6.07, 6.45) is -4.91. The normalized spacial score (nSPS) is 14.7. The molecular formula is C18H26F3N3O6S. The van der Waals surface area contributed by atoms with E-state index < -0.39 is 22.2 Å². The number of piperazine rings is 1. The topological polar surface area (TPSA) is 116 Å². The van der Waals surface area contributed by atoms with E-state index in [1.807, 2.05) is 0 Å². The zero-order chi connectivity index (χ0) is 23.5. The van der Waals surface area contributed by atoms with E-state index in [1.165, 1.54) is 11.4 Å². The molecule has 0 aliphatic carbocycles. The molecule has 0 radical (unpaired) electrons. The molecule has 2 rings (SSSR count). The van der Waals surface area contributed by atoms with E-state index >= 15 is 0 Å². The average Bonchev–Trinajstić information content (AvgIpc) is 2.74. The third-order valence-corrected chi connectivity index (χ3v) is 6.13. The largest absolute Gasteiger partial charge is 0.490 e. The first-order valence-electron chi connectivity index (χ1n) is 9.33. The van der Waals surface area contributed by atoms with Crippen LogP contribution in [0.15, 0.2) is 35.2 Å². The SMILES string of the molecule is COCCN(CCC(=O)N1CCNCC1)S(=O)(=O)c1ccccc1.O=C(O)C(F)(F)F. The predicted octanol–water partition coefficient (Wildman–Crippen LogP) is 0.779. The fourth-order valence-corrected chi connectivity index (χ4v) is 4.03. The van der Waals surface area contributed by atoms with Gasteiger partial charge in [-0.1, -0.05) is 18.2 Å². The molecular weight excluding hydrogens is 443 g/mol. The van der Waals surface area contributed by atoms with E-state index in [4.69, 9.17) is 14.6 Å². The van der Waals surface area contributed by atoms with Gasteiger partial charge in [0.15, 0.2) is 0 Å². The highest BCUT2D eigenvalue weighted by Gasteiger charge is 2.38. The average molecular weight is 469 g/mol. The first-order valence-corrected chi connectivity index (χ1v) is 10.8. The highest BCUT2D eigenvalue weighted by molar-refractivity contribution is 7.89. The number of sulfonamides is 1. The summed E-state index contributed by atoms with van der Waals surface area (Å²) in [6, 6.07) is 8.27. The van der Waals surface area contributed by atoms with Gasteiger partial charge in [-0.2, -0.15) is 17.5 Å². The van der Waals surface area contributed by atoms with Crippen molar-refractivity contribution in [3.8, 4) is 0 Å². The smallest absolute Gasteiger partial charge is 0.475 e. The molecule has 0 saturated carbocycles. The number of benzene rings is 1. The molecule has 0 bridgehead atoms. The van der Waals surface area contributed by atoms with Gasteiger partial charge in [0.1, 0.15) is 0 Å². The number of carboxylic acids is 1. The number of rotatable bonds is 8. The fraction of sp³-hybridized carbons (Fsp3) is 0.556. The van der Waals surface area contributed by atoms with Crippen LogP contribution in [0.2, 0.25) is 0 Å². The molecule has 1 aliphatic rings. The van der Waals surface area contributed by atoms with Gasteiger partial charge in [0.2, 0.25) is 15.9 Å². The maximum atomic E-state index is 12.8. The van der Waals surface area contributed by atoms with Crippen LogP contribution in [-0.2, 0) is 24.3 Å². The molecule has 1 aromatic rings. The number of amides is 1. The van der Waals surface area contributed by atoms with Crippen molar-refractivity contribution in [1.82, 2.24) is 14.5 Å². The number of carbonyl (C=O) groups is 2. The molecule has 0 atom stereocenters. The lowest BCUT2D eigenvalue weighted by Crippen LogP contribution is -2.47. The summed E-state index contributed by atoms with van der Waals surface area (Å²) < 4.78 is 63.6. The standard InChI is InChI=1S/C16H25N3O4S.C2HF3O2/c1-23-14-13-19(24(21,22)15-5-3-2-4-6-15)10-7-16(20)18-11-8-17-9-12-18;3-2(4,5)1(6)7/h2-6,17H,7-14H2,1H3;(H,6,7). The number of methoxy groups -OCH3 is 1. The van der Waals surface area contributed by atoms with Gasteiger partial charge in [-0.05, 0) is 12.1 Å². The Labute approximate surface area is 178 Å². The first kappa shape index (κ1) is 26.8. The van der Waals surface area contributed by atoms with E-state index in [1.54, 1.807) is 35.2 Å². The Balaban J connectivity index is 0.000000592. The van der Waals surface area contributed by atoms with E-state index in [0.717, 1.165) is 13.1 Å². The Morgan fingerprint density at radius 2 is 1.71 bits per heavy atom. The van der Waals surface area contributed by atoms with Gasteiger partial charge in [-0.15, -0.1) is 0 Å². The van der Waals surface area contributed by atoms with Crippen LogP contribution in [0.1, 0.15) is 6.42 Å². The van der Waals surface area contributed by atoms with Gasteiger partial charge in [-0.25, -0.2) is 13.2 Å². The second-order valence-electron chi connectivity index (χ2n) is 6.39. The van der Waals surface area contributed by atoms with E-state index in [9.17, 15) is 26.4 Å². The predicted molar refractivity (Wildman–Crippen MR) is 105 cm³/mol. The zero-order valence-corrected chi connectivity index (χ0v) is 17.8. The summed E-state index contributed by atoms with van der Waals surface area (Å²) in [5.41, 5.74) is 0. The molecule has 1 aliphatic heterocycles. The van der Waals surface area contributed by atoms with Crippen LogP contribution >= 0.6 is 0 Å². The Morgan fingerprint density at radius 3 is 2.19 bits per heavy atom. The van der Waals surface area contributed by atoms with Crippen molar-refractivity contribution in [3.63, 3.8) is 0 Å². The molecule has 0 spiro atoms. The third kappa shape index (κ3) is 9.21. The zero-order valence-electron chi connectivity index (χ0n) is 17.0. The third-order valence-electron chi connectivity index (χ3n) is 4.21. The van der Waals surface area contributed by atoms with Gasteiger partial charge in [0.05, 0.1) is 11.5 Å². The summed E-state index contributed by atoms with van der Waals surface area (Å²) in [7, 11) is -2.10. The van der Waals surface area contributed by atoms with Crippen LogP contribution in [-0.4, -0.2) is 93.8 Å². The number of carbonyl (C=O) groups excluding carboxylic acids is 1. The van der Waals surface area contributed by atoms with Gasteiger partial charge in [0.25, 0.3) is 0 Å². The summed E-state index contributed by atoms with van der Waals surface area (Å²) in [4.78, 5) is 23.2. The maximum Gasteiger partial charge on any atom is 0.490 e. The van der Waals surface area contributed by atoms with Crippen LogP contribution < -0.4 is 5.32 Å². The molecule has 1 saturated heterocycles. The highest BCUT2D eigenvalue weighted by Crippen LogP contribution is 2.16. The molecule has 1 aromatic carbocycles. The second-order valence-corrected chi connectivity index (χ2v) is 8.33. The van der Waals surface area contributed by atoms with Crippen molar-refractivity contribution in [3.05, 3.63) is 30.3 Å². The van der Waals surface area contributed by atoms with Crippen molar-refractivity contribution >= 4 is 21.9 Å². The van der Waals surface area contributed by atoms with E-state index in [2.05, 4.69) is 5.32 Å². The minimum Gasteiger partial charge on any atom is -0.475 e. The number of aliphatic carboxylic acids is 1. The number of alkyl halides is 3. The van der Waals surface area contributed by atoms with Crippen LogP contribution in [0.3, 0.4) is 0 Å². The quantitative estimate of drug-likeness (QED) is 0.578. The van der Waals surface area contributed by atoms with E-state index in [-0.39, 0.29) is 36.9 Å². The molecule has 1 fully saturated rings. The van der Waals surface area contributed by atoms with Crippen molar-refractivity contribution in [2.24, 2.45) is 0 Å². The minimum atomic E-state index is -5.08. The first-order chi connectivity index (χ1) is 14.5. The van der Waals surface area contributed by atoms with Crippen LogP contribution in [0, 0.1) is 0 Å². The molecule has 0 aromatic heterocycles. The molecule has 9 nitrogen and oxygen atoms in total. The number of nitrogens with zero attached hydrogens (tertiary/aromatic N) is 2. The van der Waals surface area contributed by atoms with Crippen molar-refractivity contribution in [1.29, 1.82) is 0 Å². The number of hydrogen-bond acceptors (Lipinski definition) is 6.